The van der Waals surface area contributed by atoms with Gasteiger partial charge in [0.05, 0.1) is 10.7 Å². The van der Waals surface area contributed by atoms with Crippen molar-refractivity contribution in [3.8, 4) is 0 Å². The highest BCUT2D eigenvalue weighted by molar-refractivity contribution is 8.03. The van der Waals surface area contributed by atoms with E-state index in [2.05, 4.69) is 109 Å². The van der Waals surface area contributed by atoms with Crippen LogP contribution >= 0.6 is 23.1 Å². The van der Waals surface area contributed by atoms with Gasteiger partial charge < -0.3 is 5.32 Å². The van der Waals surface area contributed by atoms with Gasteiger partial charge in [-0.3, -0.25) is 0 Å². The summed E-state index contributed by atoms with van der Waals surface area (Å²) in [5, 5.41) is 5.92. The Kier molecular flexibility index (Phi) is 5.13. The standard InChI is InChI=1S/C26H24N2S2/c1-26(2)17-19-11-10-14-22-25(19)28(18-26)24(30-22)16-7-5-3-4-6-15-23-27-20-12-8-9-13-21(20)29-23/h3-16H,17-18H2,1-2H3/p+1. The van der Waals surface area contributed by atoms with Crippen molar-refractivity contribution < 1.29 is 4.57 Å². The van der Waals surface area contributed by atoms with E-state index in [9.17, 15) is 0 Å². The van der Waals surface area contributed by atoms with Gasteiger partial charge in [0, 0.05) is 21.9 Å². The van der Waals surface area contributed by atoms with Crippen LogP contribution in [0.2, 0.25) is 0 Å². The van der Waals surface area contributed by atoms with Crippen molar-refractivity contribution in [3.05, 3.63) is 94.5 Å². The Hall–Kier alpha value is -2.56. The average molecular weight is 430 g/mol. The first-order valence-electron chi connectivity index (χ1n) is 10.3. The van der Waals surface area contributed by atoms with Gasteiger partial charge in [-0.1, -0.05) is 91.6 Å². The molecule has 2 nitrogen and oxygen atoms in total. The van der Waals surface area contributed by atoms with Crippen molar-refractivity contribution in [2.24, 2.45) is 5.41 Å². The molecule has 0 atom stereocenters. The number of anilines is 1. The highest BCUT2D eigenvalue weighted by Gasteiger charge is 2.35. The number of aromatic nitrogens is 1. The van der Waals surface area contributed by atoms with Crippen molar-refractivity contribution in [1.29, 1.82) is 0 Å². The topological polar surface area (TPSA) is 15.9 Å². The molecule has 0 amide bonds. The van der Waals surface area contributed by atoms with Crippen molar-refractivity contribution in [1.82, 2.24) is 0 Å². The molecular formula is C26H25N2S2+. The summed E-state index contributed by atoms with van der Waals surface area (Å²) in [4.78, 5) is 1.28. The molecule has 0 fully saturated rings. The normalized spacial score (nSPS) is 18.8. The Morgan fingerprint density at radius 2 is 1.80 bits per heavy atom. The quantitative estimate of drug-likeness (QED) is 0.356. The molecule has 0 radical (unpaired) electrons. The van der Waals surface area contributed by atoms with E-state index < -0.39 is 0 Å². The van der Waals surface area contributed by atoms with Crippen LogP contribution < -0.4 is 9.88 Å². The molecule has 30 heavy (non-hydrogen) atoms. The lowest BCUT2D eigenvalue weighted by atomic mass is 9.83. The van der Waals surface area contributed by atoms with E-state index in [0.29, 0.717) is 5.41 Å². The monoisotopic (exact) mass is 429 g/mol. The van der Waals surface area contributed by atoms with Crippen LogP contribution in [-0.4, -0.2) is 0 Å². The molecule has 2 aliphatic rings. The van der Waals surface area contributed by atoms with Gasteiger partial charge in [-0.2, -0.15) is 4.57 Å². The Morgan fingerprint density at radius 3 is 2.70 bits per heavy atom. The van der Waals surface area contributed by atoms with E-state index in [0.717, 1.165) is 18.0 Å². The summed E-state index contributed by atoms with van der Waals surface area (Å²) in [7, 11) is 0. The second-order valence-corrected chi connectivity index (χ2v) is 10.7. The van der Waals surface area contributed by atoms with Gasteiger partial charge in [0.1, 0.15) is 4.70 Å². The SMILES string of the molecule is CC1(C)Cc2cccc3sc(C=CC=CC=CC=C4Nc5ccccc5S4)[n+](c23)C1. The maximum atomic E-state index is 3.43. The zero-order chi connectivity index (χ0) is 20.6. The minimum Gasteiger partial charge on any atom is -0.349 e. The van der Waals surface area contributed by atoms with Crippen LogP contribution in [0.1, 0.15) is 24.4 Å². The third-order valence-corrected chi connectivity index (χ3v) is 7.53. The number of benzene rings is 2. The summed E-state index contributed by atoms with van der Waals surface area (Å²) in [6.45, 7) is 5.80. The van der Waals surface area contributed by atoms with Crippen LogP contribution in [0.4, 0.5) is 5.69 Å². The van der Waals surface area contributed by atoms with Gasteiger partial charge in [0.2, 0.25) is 5.52 Å². The molecule has 3 heterocycles. The van der Waals surface area contributed by atoms with Crippen molar-refractivity contribution in [2.45, 2.75) is 31.7 Å². The first-order valence-corrected chi connectivity index (χ1v) is 11.9. The highest BCUT2D eigenvalue weighted by Crippen LogP contribution is 2.40. The first-order chi connectivity index (χ1) is 14.6. The average Bonchev–Trinajstić information content (AvgIpc) is 3.28. The lowest BCUT2D eigenvalue weighted by Crippen LogP contribution is -2.46. The van der Waals surface area contributed by atoms with Crippen LogP contribution in [0.25, 0.3) is 16.3 Å². The molecule has 1 aromatic heterocycles. The number of allylic oxidation sites excluding steroid dienone is 6. The van der Waals surface area contributed by atoms with Crippen LogP contribution in [0.15, 0.2) is 88.8 Å². The van der Waals surface area contributed by atoms with E-state index in [1.807, 2.05) is 11.3 Å². The molecule has 4 heteroatoms. The van der Waals surface area contributed by atoms with E-state index in [4.69, 9.17) is 0 Å². The molecule has 0 spiro atoms. The van der Waals surface area contributed by atoms with Gasteiger partial charge in [-0.15, -0.1) is 0 Å². The van der Waals surface area contributed by atoms with Crippen LogP contribution in [0.5, 0.6) is 0 Å². The molecule has 0 saturated carbocycles. The molecule has 2 aliphatic heterocycles. The van der Waals surface area contributed by atoms with Gasteiger partial charge in [0.25, 0.3) is 5.01 Å². The maximum Gasteiger partial charge on any atom is 0.262 e. The lowest BCUT2D eigenvalue weighted by Gasteiger charge is -2.25. The van der Waals surface area contributed by atoms with Gasteiger partial charge >= 0.3 is 0 Å². The second-order valence-electron chi connectivity index (χ2n) is 8.51. The van der Waals surface area contributed by atoms with Crippen molar-refractivity contribution in [2.75, 3.05) is 5.32 Å². The highest BCUT2D eigenvalue weighted by atomic mass is 32.2. The van der Waals surface area contributed by atoms with Crippen LogP contribution in [0, 0.1) is 5.41 Å². The zero-order valence-electron chi connectivity index (χ0n) is 17.3. The summed E-state index contributed by atoms with van der Waals surface area (Å²) in [6, 6.07) is 15.1. The summed E-state index contributed by atoms with van der Waals surface area (Å²) in [6.07, 6.45) is 16.0. The van der Waals surface area contributed by atoms with Crippen LogP contribution in [0.3, 0.4) is 0 Å². The van der Waals surface area contributed by atoms with Crippen molar-refractivity contribution in [3.63, 3.8) is 0 Å². The molecular weight excluding hydrogens is 404 g/mol. The Bertz CT molecular complexity index is 1200. The Morgan fingerprint density at radius 1 is 0.967 bits per heavy atom. The molecule has 0 aliphatic carbocycles. The zero-order valence-corrected chi connectivity index (χ0v) is 18.9. The number of rotatable bonds is 4. The maximum absolute atomic E-state index is 3.43. The van der Waals surface area contributed by atoms with E-state index >= 15 is 0 Å². The molecule has 0 bridgehead atoms. The van der Waals surface area contributed by atoms with Gasteiger partial charge in [-0.05, 0) is 30.7 Å². The summed E-state index contributed by atoms with van der Waals surface area (Å²) in [5.74, 6) is 0. The lowest BCUT2D eigenvalue weighted by molar-refractivity contribution is -0.685. The number of para-hydroxylation sites is 2. The smallest absolute Gasteiger partial charge is 0.262 e. The number of fused-ring (bicyclic) bond motifs is 1. The van der Waals surface area contributed by atoms with Crippen LogP contribution in [-0.2, 0) is 13.0 Å². The predicted octanol–water partition coefficient (Wildman–Crippen LogP) is 6.96. The number of hydrogen-bond acceptors (Lipinski definition) is 3. The second kappa shape index (κ2) is 7.93. The summed E-state index contributed by atoms with van der Waals surface area (Å²) < 4.78 is 3.89. The van der Waals surface area contributed by atoms with E-state index in [-0.39, 0.29) is 0 Å². The fourth-order valence-corrected chi connectivity index (χ4v) is 6.18. The first kappa shape index (κ1) is 19.4. The molecule has 5 rings (SSSR count). The molecule has 0 saturated heterocycles. The Balaban J connectivity index is 1.27. The number of nitrogens with one attached hydrogen (secondary N) is 1. The fourth-order valence-electron chi connectivity index (χ4n) is 4.14. The third kappa shape index (κ3) is 3.90. The number of nitrogens with zero attached hydrogens (tertiary/aromatic N) is 1. The minimum absolute atomic E-state index is 0.299. The van der Waals surface area contributed by atoms with Gasteiger partial charge in [-0.25, -0.2) is 0 Å². The third-order valence-electron chi connectivity index (χ3n) is 5.38. The summed E-state index contributed by atoms with van der Waals surface area (Å²) in [5.41, 5.74) is 4.40. The van der Waals surface area contributed by atoms with Gasteiger partial charge in [0.15, 0.2) is 6.54 Å². The summed E-state index contributed by atoms with van der Waals surface area (Å²) >= 11 is 3.66. The number of thioether (sulfide) groups is 1. The fraction of sp³-hybridized carbons (Fsp3) is 0.192. The molecule has 2 aromatic carbocycles. The number of thiazole rings is 1. The van der Waals surface area contributed by atoms with E-state index in [1.54, 1.807) is 11.8 Å². The molecule has 3 aromatic rings. The predicted molar refractivity (Wildman–Crippen MR) is 131 cm³/mol. The molecule has 1 N–H and O–H groups in total. The largest absolute Gasteiger partial charge is 0.349 e. The minimum atomic E-state index is 0.299. The number of hydrogen-bond donors (Lipinski definition) is 1. The molecule has 0 unspecified atom stereocenters. The van der Waals surface area contributed by atoms with Crippen molar-refractivity contribution >= 4 is 45.1 Å². The Labute approximate surface area is 186 Å². The molecule has 150 valence electrons. The van der Waals surface area contributed by atoms with E-state index in [1.165, 1.54) is 31.4 Å².